The van der Waals surface area contributed by atoms with Gasteiger partial charge >= 0.3 is 6.03 Å². The van der Waals surface area contributed by atoms with Gasteiger partial charge in [0, 0.05) is 0 Å². The van der Waals surface area contributed by atoms with Gasteiger partial charge in [-0.05, 0) is 83.5 Å². The van der Waals surface area contributed by atoms with E-state index in [1.54, 1.807) is 30.3 Å². The third-order valence-corrected chi connectivity index (χ3v) is 6.03. The molecule has 0 radical (unpaired) electrons. The van der Waals surface area contributed by atoms with Crippen LogP contribution in [0.1, 0.15) is 23.6 Å². The number of hydrogen-bond donors (Lipinski definition) is 1. The van der Waals surface area contributed by atoms with Crippen molar-refractivity contribution in [2.24, 2.45) is 0 Å². The van der Waals surface area contributed by atoms with Crippen molar-refractivity contribution in [3.8, 4) is 11.5 Å². The maximum Gasteiger partial charge on any atom is 0.335 e. The molecule has 35 heavy (non-hydrogen) atoms. The van der Waals surface area contributed by atoms with Crippen LogP contribution in [0.4, 0.5) is 10.5 Å². The largest absolute Gasteiger partial charge is 0.490 e. The number of carbonyl (C=O) groups is 3. The highest BCUT2D eigenvalue weighted by atomic mass is 127. The monoisotopic (exact) mass is 582 g/mol. The molecule has 3 aromatic carbocycles. The lowest BCUT2D eigenvalue weighted by Gasteiger charge is -2.26. The molecule has 1 saturated heterocycles. The summed E-state index contributed by atoms with van der Waals surface area (Å²) in [7, 11) is 0. The maximum atomic E-state index is 13.2. The van der Waals surface area contributed by atoms with E-state index in [9.17, 15) is 14.4 Å². The van der Waals surface area contributed by atoms with Crippen LogP contribution in [0.5, 0.6) is 11.5 Å². The summed E-state index contributed by atoms with van der Waals surface area (Å²) in [4.78, 5) is 39.2. The van der Waals surface area contributed by atoms with Gasteiger partial charge in [0.25, 0.3) is 11.8 Å². The predicted octanol–water partition coefficient (Wildman–Crippen LogP) is 5.24. The molecule has 0 spiro atoms. The van der Waals surface area contributed by atoms with Crippen LogP contribution in [0.3, 0.4) is 0 Å². The van der Waals surface area contributed by atoms with Gasteiger partial charge in [-0.1, -0.05) is 42.5 Å². The van der Waals surface area contributed by atoms with Gasteiger partial charge in [0.05, 0.1) is 15.9 Å². The standard InChI is InChI=1S/C27H23IN2O5/c1-3-34-23-15-19(14-22(28)24(23)35-16-18-9-5-4-6-10-18)13-21-25(31)29-27(33)30(26(21)32)20-11-7-8-17(2)12-20/h4-15H,3,16H2,1-2H3,(H,29,31,33)/b21-13+. The maximum absolute atomic E-state index is 13.2. The van der Waals surface area contributed by atoms with Crippen molar-refractivity contribution in [3.05, 3.63) is 92.6 Å². The summed E-state index contributed by atoms with van der Waals surface area (Å²) < 4.78 is 12.6. The summed E-state index contributed by atoms with van der Waals surface area (Å²) in [5.74, 6) is -0.366. The number of amides is 4. The average Bonchev–Trinajstić information content (AvgIpc) is 2.82. The van der Waals surface area contributed by atoms with E-state index in [0.717, 1.165) is 19.6 Å². The first-order chi connectivity index (χ1) is 16.9. The summed E-state index contributed by atoms with van der Waals surface area (Å²) in [6, 6.07) is 19.5. The van der Waals surface area contributed by atoms with Gasteiger partial charge in [-0.3, -0.25) is 14.9 Å². The number of barbiturate groups is 1. The van der Waals surface area contributed by atoms with E-state index in [0.29, 0.717) is 36.0 Å². The highest BCUT2D eigenvalue weighted by Crippen LogP contribution is 2.36. The molecule has 0 unspecified atom stereocenters. The number of halogens is 1. The van der Waals surface area contributed by atoms with Crippen molar-refractivity contribution in [1.29, 1.82) is 0 Å². The number of aryl methyl sites for hydroxylation is 1. The van der Waals surface area contributed by atoms with Crippen molar-refractivity contribution in [2.75, 3.05) is 11.5 Å². The highest BCUT2D eigenvalue weighted by molar-refractivity contribution is 14.1. The quantitative estimate of drug-likeness (QED) is 0.234. The minimum absolute atomic E-state index is 0.151. The Bertz CT molecular complexity index is 1320. The van der Waals surface area contributed by atoms with E-state index in [1.165, 1.54) is 6.08 Å². The van der Waals surface area contributed by atoms with Crippen LogP contribution in [0.25, 0.3) is 6.08 Å². The average molecular weight is 582 g/mol. The second-order valence-corrected chi connectivity index (χ2v) is 9.00. The zero-order valence-electron chi connectivity index (χ0n) is 19.2. The van der Waals surface area contributed by atoms with Crippen molar-refractivity contribution < 1.29 is 23.9 Å². The predicted molar refractivity (Wildman–Crippen MR) is 141 cm³/mol. The number of anilines is 1. The number of urea groups is 1. The molecule has 0 atom stereocenters. The fourth-order valence-corrected chi connectivity index (χ4v) is 4.41. The molecule has 0 aromatic heterocycles. The molecule has 1 heterocycles. The minimum Gasteiger partial charge on any atom is -0.490 e. The van der Waals surface area contributed by atoms with E-state index >= 15 is 0 Å². The Morgan fingerprint density at radius 3 is 2.46 bits per heavy atom. The van der Waals surface area contributed by atoms with Gasteiger partial charge in [0.15, 0.2) is 11.5 Å². The first kappa shape index (κ1) is 24.5. The van der Waals surface area contributed by atoms with Gasteiger partial charge in [-0.2, -0.15) is 0 Å². The third-order valence-electron chi connectivity index (χ3n) is 5.23. The first-order valence-electron chi connectivity index (χ1n) is 11.0. The lowest BCUT2D eigenvalue weighted by Crippen LogP contribution is -2.54. The Morgan fingerprint density at radius 2 is 1.74 bits per heavy atom. The summed E-state index contributed by atoms with van der Waals surface area (Å²) in [5.41, 5.74) is 2.71. The Kier molecular flexibility index (Phi) is 7.50. The smallest absolute Gasteiger partial charge is 0.335 e. The van der Waals surface area contributed by atoms with Crippen molar-refractivity contribution in [1.82, 2.24) is 5.32 Å². The van der Waals surface area contributed by atoms with Gasteiger partial charge in [0.2, 0.25) is 0 Å². The number of imide groups is 2. The zero-order chi connectivity index (χ0) is 24.9. The van der Waals surface area contributed by atoms with Crippen molar-refractivity contribution >= 4 is 52.2 Å². The first-order valence-corrected chi connectivity index (χ1v) is 12.1. The molecular formula is C27H23IN2O5. The number of benzene rings is 3. The van der Waals surface area contributed by atoms with Gasteiger partial charge in [-0.15, -0.1) is 0 Å². The Hall–Kier alpha value is -3.66. The second kappa shape index (κ2) is 10.7. The lowest BCUT2D eigenvalue weighted by atomic mass is 10.1. The molecule has 8 heteroatoms. The number of ether oxygens (including phenoxy) is 2. The summed E-state index contributed by atoms with van der Waals surface area (Å²) >= 11 is 2.13. The number of nitrogens with zero attached hydrogens (tertiary/aromatic N) is 1. The van der Waals surface area contributed by atoms with Crippen LogP contribution in [0, 0.1) is 10.5 Å². The molecular weight excluding hydrogens is 559 g/mol. The van der Waals surface area contributed by atoms with Crippen LogP contribution < -0.4 is 19.7 Å². The van der Waals surface area contributed by atoms with Gasteiger partial charge in [-0.25, -0.2) is 9.69 Å². The molecule has 4 amide bonds. The van der Waals surface area contributed by atoms with E-state index in [-0.39, 0.29) is 5.57 Å². The number of nitrogens with one attached hydrogen (secondary N) is 1. The third kappa shape index (κ3) is 5.54. The molecule has 0 bridgehead atoms. The molecule has 0 saturated carbocycles. The van der Waals surface area contributed by atoms with Crippen LogP contribution in [0.2, 0.25) is 0 Å². The van der Waals surface area contributed by atoms with E-state index in [2.05, 4.69) is 27.9 Å². The van der Waals surface area contributed by atoms with E-state index < -0.39 is 17.8 Å². The number of rotatable bonds is 7. The van der Waals surface area contributed by atoms with Gasteiger partial charge < -0.3 is 9.47 Å². The fraction of sp³-hybridized carbons (Fsp3) is 0.148. The van der Waals surface area contributed by atoms with Crippen LogP contribution in [-0.4, -0.2) is 24.5 Å². The van der Waals surface area contributed by atoms with Crippen LogP contribution in [0.15, 0.2) is 72.3 Å². The summed E-state index contributed by atoms with van der Waals surface area (Å²) in [6.07, 6.45) is 1.46. The molecule has 4 rings (SSSR count). The number of carbonyl (C=O) groups excluding carboxylic acids is 3. The van der Waals surface area contributed by atoms with E-state index in [1.807, 2.05) is 50.2 Å². The van der Waals surface area contributed by atoms with Gasteiger partial charge in [0.1, 0.15) is 12.2 Å². The number of hydrogen-bond acceptors (Lipinski definition) is 5. The fourth-order valence-electron chi connectivity index (χ4n) is 3.63. The van der Waals surface area contributed by atoms with Crippen LogP contribution in [-0.2, 0) is 16.2 Å². The SMILES string of the molecule is CCOc1cc(/C=C2\C(=O)NC(=O)N(c3cccc(C)c3)C2=O)cc(I)c1OCc1ccccc1. The Labute approximate surface area is 216 Å². The van der Waals surface area contributed by atoms with Crippen molar-refractivity contribution in [3.63, 3.8) is 0 Å². The molecule has 1 fully saturated rings. The van der Waals surface area contributed by atoms with Crippen LogP contribution >= 0.6 is 22.6 Å². The molecule has 178 valence electrons. The molecule has 1 aliphatic heterocycles. The molecule has 3 aromatic rings. The zero-order valence-corrected chi connectivity index (χ0v) is 21.4. The molecule has 1 N–H and O–H groups in total. The van der Waals surface area contributed by atoms with Crippen molar-refractivity contribution in [2.45, 2.75) is 20.5 Å². The lowest BCUT2D eigenvalue weighted by molar-refractivity contribution is -0.122. The van der Waals surface area contributed by atoms with E-state index in [4.69, 9.17) is 9.47 Å². The summed E-state index contributed by atoms with van der Waals surface area (Å²) in [6.45, 7) is 4.50. The molecule has 1 aliphatic rings. The topological polar surface area (TPSA) is 84.9 Å². The molecule has 7 nitrogen and oxygen atoms in total. The Morgan fingerprint density at radius 1 is 0.971 bits per heavy atom. The normalized spacial score (nSPS) is 14.8. The highest BCUT2D eigenvalue weighted by Gasteiger charge is 2.36. The Balaban J connectivity index is 1.67. The minimum atomic E-state index is -0.781. The second-order valence-electron chi connectivity index (χ2n) is 7.83. The molecule has 0 aliphatic carbocycles. The summed E-state index contributed by atoms with van der Waals surface area (Å²) in [5, 5.41) is 2.25.